The van der Waals surface area contributed by atoms with E-state index in [1.165, 1.54) is 0 Å². The standard InChI is InChI=1S/C11H15NO2/c1-7(12)9-4-8-2-3-10(13)5-11(8)14-6-9/h2-3,5,7,9,13H,4,6,12H2,1H3. The van der Waals surface area contributed by atoms with Crippen molar-refractivity contribution in [2.24, 2.45) is 11.7 Å². The Morgan fingerprint density at radius 1 is 1.57 bits per heavy atom. The maximum atomic E-state index is 9.26. The Balaban J connectivity index is 2.23. The average molecular weight is 193 g/mol. The second-order valence-electron chi connectivity index (χ2n) is 3.93. The smallest absolute Gasteiger partial charge is 0.126 e. The lowest BCUT2D eigenvalue weighted by Gasteiger charge is -2.27. The zero-order valence-electron chi connectivity index (χ0n) is 8.23. The van der Waals surface area contributed by atoms with Crippen molar-refractivity contribution in [3.63, 3.8) is 0 Å². The third-order valence-electron chi connectivity index (χ3n) is 2.73. The summed E-state index contributed by atoms with van der Waals surface area (Å²) in [5, 5.41) is 9.26. The lowest BCUT2D eigenvalue weighted by molar-refractivity contribution is 0.203. The van der Waals surface area contributed by atoms with Crippen molar-refractivity contribution in [2.75, 3.05) is 6.61 Å². The summed E-state index contributed by atoms with van der Waals surface area (Å²) < 4.78 is 5.54. The second-order valence-corrected chi connectivity index (χ2v) is 3.93. The third-order valence-corrected chi connectivity index (χ3v) is 2.73. The van der Waals surface area contributed by atoms with Gasteiger partial charge in [0.1, 0.15) is 11.5 Å². The molecule has 76 valence electrons. The molecule has 0 amide bonds. The molecule has 0 saturated heterocycles. The van der Waals surface area contributed by atoms with Gasteiger partial charge in [-0.25, -0.2) is 0 Å². The molecule has 0 spiro atoms. The number of nitrogens with two attached hydrogens (primary N) is 1. The van der Waals surface area contributed by atoms with Gasteiger partial charge in [-0.3, -0.25) is 0 Å². The largest absolute Gasteiger partial charge is 0.508 e. The maximum Gasteiger partial charge on any atom is 0.126 e. The Morgan fingerprint density at radius 3 is 3.07 bits per heavy atom. The van der Waals surface area contributed by atoms with Crippen molar-refractivity contribution in [1.82, 2.24) is 0 Å². The van der Waals surface area contributed by atoms with Gasteiger partial charge in [-0.15, -0.1) is 0 Å². The van der Waals surface area contributed by atoms with Crippen molar-refractivity contribution < 1.29 is 9.84 Å². The summed E-state index contributed by atoms with van der Waals surface area (Å²) in [5.41, 5.74) is 6.96. The Morgan fingerprint density at radius 2 is 2.36 bits per heavy atom. The zero-order chi connectivity index (χ0) is 10.1. The van der Waals surface area contributed by atoms with Crippen LogP contribution in [0.25, 0.3) is 0 Å². The summed E-state index contributed by atoms with van der Waals surface area (Å²) in [7, 11) is 0. The highest BCUT2D eigenvalue weighted by molar-refractivity contribution is 5.41. The monoisotopic (exact) mass is 193 g/mol. The Hall–Kier alpha value is -1.22. The maximum absolute atomic E-state index is 9.26. The summed E-state index contributed by atoms with van der Waals surface area (Å²) in [5.74, 6) is 1.43. The number of phenols is 1. The van der Waals surface area contributed by atoms with Crippen molar-refractivity contribution in [1.29, 1.82) is 0 Å². The summed E-state index contributed by atoms with van der Waals surface area (Å²) in [6.45, 7) is 2.65. The normalized spacial score (nSPS) is 22.3. The highest BCUT2D eigenvalue weighted by atomic mass is 16.5. The van der Waals surface area contributed by atoms with E-state index in [4.69, 9.17) is 10.5 Å². The van der Waals surface area contributed by atoms with Crippen LogP contribution in [0.5, 0.6) is 11.5 Å². The fourth-order valence-electron chi connectivity index (χ4n) is 1.72. The lowest BCUT2D eigenvalue weighted by Crippen LogP contribution is -2.35. The number of hydrogen-bond acceptors (Lipinski definition) is 3. The van der Waals surface area contributed by atoms with Crippen LogP contribution >= 0.6 is 0 Å². The van der Waals surface area contributed by atoms with Gasteiger partial charge in [0.25, 0.3) is 0 Å². The minimum atomic E-state index is 0.150. The molecule has 0 aliphatic carbocycles. The number of rotatable bonds is 1. The Kier molecular flexibility index (Phi) is 2.33. The molecule has 0 radical (unpaired) electrons. The van der Waals surface area contributed by atoms with Crippen LogP contribution in [0.15, 0.2) is 18.2 Å². The van der Waals surface area contributed by atoms with E-state index in [1.807, 2.05) is 13.0 Å². The summed E-state index contributed by atoms with van der Waals surface area (Å²) in [6.07, 6.45) is 0.938. The number of phenolic OH excluding ortho intramolecular Hbond substituents is 1. The van der Waals surface area contributed by atoms with Crippen LogP contribution in [0, 0.1) is 5.92 Å². The van der Waals surface area contributed by atoms with Gasteiger partial charge in [-0.2, -0.15) is 0 Å². The molecule has 2 atom stereocenters. The van der Waals surface area contributed by atoms with Gasteiger partial charge in [-0.1, -0.05) is 6.07 Å². The molecule has 0 bridgehead atoms. The van der Waals surface area contributed by atoms with E-state index >= 15 is 0 Å². The first-order valence-electron chi connectivity index (χ1n) is 4.87. The lowest BCUT2D eigenvalue weighted by atomic mass is 9.92. The molecular formula is C11H15NO2. The molecule has 1 aromatic rings. The van der Waals surface area contributed by atoms with Crippen LogP contribution in [0.2, 0.25) is 0 Å². The topological polar surface area (TPSA) is 55.5 Å². The molecule has 14 heavy (non-hydrogen) atoms. The summed E-state index contributed by atoms with van der Waals surface area (Å²) >= 11 is 0. The second kappa shape index (κ2) is 3.50. The Labute approximate surface area is 83.5 Å². The van der Waals surface area contributed by atoms with Gasteiger partial charge in [0.2, 0.25) is 0 Å². The molecule has 2 unspecified atom stereocenters. The van der Waals surface area contributed by atoms with E-state index in [1.54, 1.807) is 12.1 Å². The van der Waals surface area contributed by atoms with Gasteiger partial charge in [0, 0.05) is 18.0 Å². The number of fused-ring (bicyclic) bond motifs is 1. The molecule has 1 aliphatic rings. The van der Waals surface area contributed by atoms with Crippen molar-refractivity contribution >= 4 is 0 Å². The number of benzene rings is 1. The predicted molar refractivity (Wildman–Crippen MR) is 54.4 cm³/mol. The molecule has 3 nitrogen and oxygen atoms in total. The first-order chi connectivity index (χ1) is 6.66. The fourth-order valence-corrected chi connectivity index (χ4v) is 1.72. The molecular weight excluding hydrogens is 178 g/mol. The first kappa shape index (κ1) is 9.34. The zero-order valence-corrected chi connectivity index (χ0v) is 8.23. The molecule has 0 aromatic heterocycles. The van der Waals surface area contributed by atoms with Gasteiger partial charge in [-0.05, 0) is 25.0 Å². The average Bonchev–Trinajstić information content (AvgIpc) is 2.16. The SMILES string of the molecule is CC(N)C1COc2cc(O)ccc2C1. The molecule has 1 aromatic carbocycles. The number of aromatic hydroxyl groups is 1. The van der Waals surface area contributed by atoms with Crippen molar-refractivity contribution in [3.8, 4) is 11.5 Å². The summed E-state index contributed by atoms with van der Waals surface area (Å²) in [4.78, 5) is 0. The van der Waals surface area contributed by atoms with Crippen LogP contribution in [0.3, 0.4) is 0 Å². The fraction of sp³-hybridized carbons (Fsp3) is 0.455. The van der Waals surface area contributed by atoms with Crippen LogP contribution < -0.4 is 10.5 Å². The number of hydrogen-bond donors (Lipinski definition) is 2. The highest BCUT2D eigenvalue weighted by Crippen LogP contribution is 2.31. The Bertz CT molecular complexity index is 336. The van der Waals surface area contributed by atoms with Crippen LogP contribution in [-0.4, -0.2) is 17.8 Å². The van der Waals surface area contributed by atoms with E-state index in [0.29, 0.717) is 12.5 Å². The third kappa shape index (κ3) is 1.68. The molecule has 1 heterocycles. The molecule has 0 saturated carbocycles. The van der Waals surface area contributed by atoms with Gasteiger partial charge < -0.3 is 15.6 Å². The molecule has 3 N–H and O–H groups in total. The van der Waals surface area contributed by atoms with Crippen molar-refractivity contribution in [3.05, 3.63) is 23.8 Å². The van der Waals surface area contributed by atoms with Crippen LogP contribution in [-0.2, 0) is 6.42 Å². The van der Waals surface area contributed by atoms with E-state index in [2.05, 4.69) is 0 Å². The van der Waals surface area contributed by atoms with Gasteiger partial charge >= 0.3 is 0 Å². The predicted octanol–water partition coefficient (Wildman–Crippen LogP) is 1.29. The van der Waals surface area contributed by atoms with E-state index in [9.17, 15) is 5.11 Å². The van der Waals surface area contributed by atoms with E-state index < -0.39 is 0 Å². The minimum absolute atomic E-state index is 0.150. The first-order valence-corrected chi connectivity index (χ1v) is 4.87. The summed E-state index contributed by atoms with van der Waals surface area (Å²) in [6, 6.07) is 5.40. The minimum Gasteiger partial charge on any atom is -0.508 e. The quantitative estimate of drug-likeness (QED) is 0.706. The van der Waals surface area contributed by atoms with E-state index in [0.717, 1.165) is 17.7 Å². The number of ether oxygens (including phenoxy) is 1. The van der Waals surface area contributed by atoms with E-state index in [-0.39, 0.29) is 11.8 Å². The highest BCUT2D eigenvalue weighted by Gasteiger charge is 2.22. The molecule has 0 fully saturated rings. The van der Waals surface area contributed by atoms with Crippen LogP contribution in [0.4, 0.5) is 0 Å². The van der Waals surface area contributed by atoms with Gasteiger partial charge in [0.15, 0.2) is 0 Å². The van der Waals surface area contributed by atoms with Crippen molar-refractivity contribution in [2.45, 2.75) is 19.4 Å². The van der Waals surface area contributed by atoms with Crippen LogP contribution in [0.1, 0.15) is 12.5 Å². The molecule has 1 aliphatic heterocycles. The van der Waals surface area contributed by atoms with Gasteiger partial charge in [0.05, 0.1) is 6.61 Å². The molecule has 2 rings (SSSR count). The molecule has 3 heteroatoms.